The van der Waals surface area contributed by atoms with Gasteiger partial charge in [0.25, 0.3) is 0 Å². The first-order valence-electron chi connectivity index (χ1n) is 13.4. The number of pyridine rings is 1. The maximum absolute atomic E-state index is 14.1. The fourth-order valence-electron chi connectivity index (χ4n) is 5.84. The molecule has 208 valence electrons. The quantitative estimate of drug-likeness (QED) is 0.500. The third-order valence-electron chi connectivity index (χ3n) is 7.95. The second-order valence-electron chi connectivity index (χ2n) is 10.8. The molecule has 0 spiro atoms. The molecule has 2 aliphatic rings. The van der Waals surface area contributed by atoms with Crippen molar-refractivity contribution in [2.45, 2.75) is 70.0 Å². The smallest absolute Gasteiger partial charge is 0.240 e. The van der Waals surface area contributed by atoms with Crippen LogP contribution in [0.1, 0.15) is 56.9 Å². The lowest BCUT2D eigenvalue weighted by molar-refractivity contribution is -0.144. The molecule has 10 heteroatoms. The number of aromatic nitrogens is 1. The number of hydrogen-bond acceptors (Lipinski definition) is 6. The Kier molecular flexibility index (Phi) is 10.3. The van der Waals surface area contributed by atoms with Crippen molar-refractivity contribution in [3.05, 3.63) is 36.0 Å². The molecule has 1 aliphatic heterocycles. The minimum absolute atomic E-state index is 0. The first kappa shape index (κ1) is 29.6. The van der Waals surface area contributed by atoms with Crippen molar-refractivity contribution in [1.82, 2.24) is 19.7 Å². The van der Waals surface area contributed by atoms with Gasteiger partial charge in [0.2, 0.25) is 17.7 Å². The van der Waals surface area contributed by atoms with Crippen molar-refractivity contribution in [1.29, 1.82) is 0 Å². The van der Waals surface area contributed by atoms with Crippen LogP contribution in [0.4, 0.5) is 5.82 Å². The summed E-state index contributed by atoms with van der Waals surface area (Å²) in [6, 6.07) is 6.80. The van der Waals surface area contributed by atoms with E-state index in [0.29, 0.717) is 37.7 Å². The minimum atomic E-state index is -0.580. The van der Waals surface area contributed by atoms with Crippen LogP contribution in [0.2, 0.25) is 0 Å². The highest BCUT2D eigenvalue weighted by Crippen LogP contribution is 2.31. The Morgan fingerprint density at radius 3 is 2.50 bits per heavy atom. The van der Waals surface area contributed by atoms with E-state index >= 15 is 0 Å². The molecule has 1 aliphatic carbocycles. The number of nitrogens with zero attached hydrogens (tertiary/aromatic N) is 4. The second kappa shape index (κ2) is 13.2. The summed E-state index contributed by atoms with van der Waals surface area (Å²) in [4.78, 5) is 48.6. The van der Waals surface area contributed by atoms with Gasteiger partial charge < -0.3 is 21.3 Å². The number of carbonyl (C=O) groups is 3. The lowest BCUT2D eigenvalue weighted by Crippen LogP contribution is -2.54. The molecular formula is C28H41ClN6O3. The first-order valence-corrected chi connectivity index (χ1v) is 13.4. The zero-order valence-electron chi connectivity index (χ0n) is 22.5. The standard InChI is InChI=1S/C28H40N6O3.ClH/c1-32(2)25(35)18-33(17-20-10-11-22-21(15-20)12-13-31-26(22)29)24(16-19-7-4-3-5-8-19)28(37)34-14-6-9-23(34)27(30)36;/h10-13,15,19,23-24H,3-9,14,16-18H2,1-2H3,(H2,29,31)(H2,30,36);1H/t23-,24+;/m0./s1. The van der Waals surface area contributed by atoms with Crippen LogP contribution in [0.15, 0.2) is 30.5 Å². The maximum Gasteiger partial charge on any atom is 0.240 e. The van der Waals surface area contributed by atoms with Crippen molar-refractivity contribution in [3.63, 3.8) is 0 Å². The average Bonchev–Trinajstić information content (AvgIpc) is 3.38. The monoisotopic (exact) mass is 544 g/mol. The van der Waals surface area contributed by atoms with Crippen molar-refractivity contribution < 1.29 is 14.4 Å². The number of primary amides is 1. The van der Waals surface area contributed by atoms with Crippen LogP contribution >= 0.6 is 12.4 Å². The molecule has 4 rings (SSSR count). The molecule has 2 atom stereocenters. The molecule has 1 aromatic carbocycles. The highest BCUT2D eigenvalue weighted by Gasteiger charge is 2.40. The number of rotatable bonds is 9. The number of carbonyl (C=O) groups excluding carboxylic acids is 3. The highest BCUT2D eigenvalue weighted by atomic mass is 35.5. The summed E-state index contributed by atoms with van der Waals surface area (Å²) in [7, 11) is 3.46. The van der Waals surface area contributed by atoms with Gasteiger partial charge in [-0.15, -0.1) is 12.4 Å². The third kappa shape index (κ3) is 6.94. The van der Waals surface area contributed by atoms with Gasteiger partial charge in [-0.2, -0.15) is 0 Å². The second-order valence-corrected chi connectivity index (χ2v) is 10.8. The van der Waals surface area contributed by atoms with Crippen molar-refractivity contribution in [2.24, 2.45) is 11.7 Å². The van der Waals surface area contributed by atoms with E-state index in [0.717, 1.165) is 48.4 Å². The molecule has 0 bridgehead atoms. The Morgan fingerprint density at radius 2 is 1.82 bits per heavy atom. The molecule has 2 heterocycles. The lowest BCUT2D eigenvalue weighted by Gasteiger charge is -2.37. The van der Waals surface area contributed by atoms with E-state index in [4.69, 9.17) is 11.5 Å². The summed E-state index contributed by atoms with van der Waals surface area (Å²) < 4.78 is 0. The van der Waals surface area contributed by atoms with Crippen LogP contribution in [0, 0.1) is 5.92 Å². The first-order chi connectivity index (χ1) is 17.7. The number of amides is 3. The van der Waals surface area contributed by atoms with Crippen molar-refractivity contribution in [2.75, 3.05) is 32.9 Å². The molecule has 0 unspecified atom stereocenters. The Balaban J connectivity index is 0.00000400. The van der Waals surface area contributed by atoms with Crippen LogP contribution in [0.5, 0.6) is 0 Å². The van der Waals surface area contributed by atoms with E-state index in [2.05, 4.69) is 4.98 Å². The molecule has 1 aromatic heterocycles. The van der Waals surface area contributed by atoms with Crippen LogP contribution in [-0.2, 0) is 20.9 Å². The van der Waals surface area contributed by atoms with E-state index in [1.54, 1.807) is 30.1 Å². The zero-order valence-corrected chi connectivity index (χ0v) is 23.3. The third-order valence-corrected chi connectivity index (χ3v) is 7.95. The molecular weight excluding hydrogens is 504 g/mol. The normalized spacial score (nSPS) is 18.8. The molecule has 38 heavy (non-hydrogen) atoms. The number of halogens is 1. The van der Waals surface area contributed by atoms with Gasteiger partial charge in [0.15, 0.2) is 0 Å². The van der Waals surface area contributed by atoms with Crippen molar-refractivity contribution >= 4 is 46.7 Å². The van der Waals surface area contributed by atoms with E-state index in [1.165, 1.54) is 6.42 Å². The molecule has 1 saturated heterocycles. The predicted octanol–water partition coefficient (Wildman–Crippen LogP) is 2.94. The topological polar surface area (TPSA) is 126 Å². The highest BCUT2D eigenvalue weighted by molar-refractivity contribution is 5.91. The zero-order chi connectivity index (χ0) is 26.5. The molecule has 2 fully saturated rings. The van der Waals surface area contributed by atoms with Crippen molar-refractivity contribution in [3.8, 4) is 0 Å². The fourth-order valence-corrected chi connectivity index (χ4v) is 5.84. The van der Waals surface area contributed by atoms with Crippen LogP contribution in [0.3, 0.4) is 0 Å². The Hall–Kier alpha value is -2.91. The number of fused-ring (bicyclic) bond motifs is 1. The summed E-state index contributed by atoms with van der Waals surface area (Å²) >= 11 is 0. The van der Waals surface area contributed by atoms with Gasteiger partial charge in [-0.3, -0.25) is 19.3 Å². The largest absolute Gasteiger partial charge is 0.383 e. The molecule has 0 radical (unpaired) electrons. The molecule has 3 amide bonds. The van der Waals surface area contributed by atoms with E-state index in [9.17, 15) is 14.4 Å². The Bertz CT molecular complexity index is 1140. The van der Waals surface area contributed by atoms with Crippen LogP contribution in [0.25, 0.3) is 10.8 Å². The number of nitrogens with two attached hydrogens (primary N) is 2. The van der Waals surface area contributed by atoms with E-state index in [1.807, 2.05) is 29.2 Å². The minimum Gasteiger partial charge on any atom is -0.383 e. The summed E-state index contributed by atoms with van der Waals surface area (Å²) in [6.07, 6.45) is 9.42. The summed E-state index contributed by atoms with van der Waals surface area (Å²) in [5.74, 6) is 0.271. The number of likely N-dealkylation sites (N-methyl/N-ethyl adjacent to an activating group) is 1. The van der Waals surface area contributed by atoms with Gasteiger partial charge in [-0.05, 0) is 48.3 Å². The molecule has 2 aromatic rings. The molecule has 4 N–H and O–H groups in total. The lowest BCUT2D eigenvalue weighted by atomic mass is 9.84. The summed E-state index contributed by atoms with van der Waals surface area (Å²) in [5.41, 5.74) is 12.7. The van der Waals surface area contributed by atoms with E-state index in [-0.39, 0.29) is 30.8 Å². The van der Waals surface area contributed by atoms with Gasteiger partial charge in [0.05, 0.1) is 12.6 Å². The van der Waals surface area contributed by atoms with Crippen LogP contribution in [-0.4, -0.2) is 76.7 Å². The van der Waals surface area contributed by atoms with Gasteiger partial charge in [0.1, 0.15) is 11.9 Å². The number of benzene rings is 1. The fraction of sp³-hybridized carbons (Fsp3) is 0.571. The van der Waals surface area contributed by atoms with Gasteiger partial charge in [0, 0.05) is 38.8 Å². The van der Waals surface area contributed by atoms with Crippen LogP contribution < -0.4 is 11.5 Å². The number of likely N-dealkylation sites (tertiary alicyclic amines) is 1. The van der Waals surface area contributed by atoms with Gasteiger partial charge in [-0.25, -0.2) is 4.98 Å². The number of nitrogen functional groups attached to an aromatic ring is 1. The SMILES string of the molecule is CN(C)C(=O)CN(Cc1ccc2c(N)nccc2c1)[C@H](CC1CCCCC1)C(=O)N1CCC[C@H]1C(N)=O.Cl. The molecule has 1 saturated carbocycles. The predicted molar refractivity (Wildman–Crippen MR) is 151 cm³/mol. The Labute approximate surface area is 231 Å². The number of anilines is 1. The number of hydrogen-bond donors (Lipinski definition) is 2. The summed E-state index contributed by atoms with van der Waals surface area (Å²) in [6.45, 7) is 1.06. The molecule has 9 nitrogen and oxygen atoms in total. The summed E-state index contributed by atoms with van der Waals surface area (Å²) in [5, 5.41) is 1.84. The Morgan fingerprint density at radius 1 is 1.08 bits per heavy atom. The maximum atomic E-state index is 14.1. The van der Waals surface area contributed by atoms with Gasteiger partial charge in [-0.1, -0.05) is 44.2 Å². The van der Waals surface area contributed by atoms with E-state index < -0.39 is 18.0 Å². The average molecular weight is 545 g/mol. The van der Waals surface area contributed by atoms with Gasteiger partial charge >= 0.3 is 0 Å².